The van der Waals surface area contributed by atoms with Crippen molar-refractivity contribution in [1.29, 1.82) is 0 Å². The predicted molar refractivity (Wildman–Crippen MR) is 145 cm³/mol. The van der Waals surface area contributed by atoms with Gasteiger partial charge in [-0.25, -0.2) is 4.98 Å². The summed E-state index contributed by atoms with van der Waals surface area (Å²) in [5, 5.41) is 11.2. The summed E-state index contributed by atoms with van der Waals surface area (Å²) in [6, 6.07) is 16.9. The summed E-state index contributed by atoms with van der Waals surface area (Å²) in [6.45, 7) is 0.278. The van der Waals surface area contributed by atoms with Gasteiger partial charge in [0.25, 0.3) is 0 Å². The lowest BCUT2D eigenvalue weighted by Gasteiger charge is -2.10. The molecule has 0 unspecified atom stereocenters. The van der Waals surface area contributed by atoms with Crippen molar-refractivity contribution in [1.82, 2.24) is 30.0 Å². The Labute approximate surface area is 215 Å². The Morgan fingerprint density at radius 3 is 2.78 bits per heavy atom. The van der Waals surface area contributed by atoms with Crippen molar-refractivity contribution in [3.63, 3.8) is 0 Å². The fourth-order valence-electron chi connectivity index (χ4n) is 4.34. The van der Waals surface area contributed by atoms with Gasteiger partial charge in [0.05, 0.1) is 35.3 Å². The molecular weight excluding hydrogens is 489 g/mol. The molecule has 5 aromatic heterocycles. The maximum Gasteiger partial charge on any atom is 0.238 e. The van der Waals surface area contributed by atoms with Crippen LogP contribution in [0.4, 0.5) is 10.1 Å². The summed E-state index contributed by atoms with van der Waals surface area (Å²) >= 11 is 1.12. The molecule has 5 heterocycles. The standard InChI is InChI=1S/C27H22FN7OS/c1-35(2)14-25(36)30-16-10-15(12-29-13-16)19-6-7-21-26(32-19)27(34-33-21)22-11-18-17(4-3-5-20(18)31-22)23-8-9-24(28)37-23/h3-13,31H,14H2,1-2H3,(H,30,36)(H,33,34). The van der Waals surface area contributed by atoms with Gasteiger partial charge in [-0.1, -0.05) is 12.1 Å². The summed E-state index contributed by atoms with van der Waals surface area (Å²) in [5.41, 5.74) is 6.95. The number of fused-ring (bicyclic) bond motifs is 2. The average molecular weight is 512 g/mol. The first-order valence-corrected chi connectivity index (χ1v) is 12.4. The average Bonchev–Trinajstić information content (AvgIpc) is 3.60. The maximum absolute atomic E-state index is 13.7. The number of hydrogen-bond donors (Lipinski definition) is 3. The number of hydrogen-bond acceptors (Lipinski definition) is 6. The van der Waals surface area contributed by atoms with Gasteiger partial charge < -0.3 is 15.2 Å². The molecule has 0 saturated carbocycles. The van der Waals surface area contributed by atoms with Gasteiger partial charge in [-0.3, -0.25) is 14.9 Å². The lowest BCUT2D eigenvalue weighted by atomic mass is 10.1. The molecule has 6 rings (SSSR count). The van der Waals surface area contributed by atoms with Crippen LogP contribution in [0.3, 0.4) is 0 Å². The molecule has 0 aliphatic heterocycles. The lowest BCUT2D eigenvalue weighted by molar-refractivity contribution is -0.116. The van der Waals surface area contributed by atoms with Crippen LogP contribution in [0.1, 0.15) is 0 Å². The van der Waals surface area contributed by atoms with E-state index in [1.54, 1.807) is 23.4 Å². The molecule has 1 amide bonds. The Morgan fingerprint density at radius 2 is 1.97 bits per heavy atom. The number of carbonyl (C=O) groups excluding carboxylic acids is 1. The summed E-state index contributed by atoms with van der Waals surface area (Å²) in [6.07, 6.45) is 3.32. The maximum atomic E-state index is 13.7. The van der Waals surface area contributed by atoms with E-state index in [1.165, 1.54) is 6.07 Å². The molecule has 3 N–H and O–H groups in total. The monoisotopic (exact) mass is 511 g/mol. The fraction of sp³-hybridized carbons (Fsp3) is 0.111. The molecular formula is C27H22FN7OS. The van der Waals surface area contributed by atoms with Gasteiger partial charge >= 0.3 is 0 Å². The van der Waals surface area contributed by atoms with Gasteiger partial charge in [-0.15, -0.1) is 11.3 Å². The van der Waals surface area contributed by atoms with Crippen molar-refractivity contribution < 1.29 is 9.18 Å². The number of nitrogens with one attached hydrogen (secondary N) is 3. The molecule has 0 saturated heterocycles. The number of pyridine rings is 2. The fourth-order valence-corrected chi connectivity index (χ4v) is 5.11. The highest BCUT2D eigenvalue weighted by atomic mass is 32.1. The van der Waals surface area contributed by atoms with E-state index in [1.807, 2.05) is 56.6 Å². The molecule has 0 fully saturated rings. The Balaban J connectivity index is 1.38. The van der Waals surface area contributed by atoms with E-state index in [2.05, 4.69) is 25.5 Å². The van der Waals surface area contributed by atoms with E-state index in [9.17, 15) is 9.18 Å². The number of aromatic nitrogens is 5. The first-order chi connectivity index (χ1) is 17.9. The first-order valence-electron chi connectivity index (χ1n) is 11.6. The predicted octanol–water partition coefficient (Wildman–Crippen LogP) is 5.54. The SMILES string of the molecule is CN(C)CC(=O)Nc1cncc(-c2ccc3[nH]nc(-c4cc5c(-c6ccc(F)s6)cccc5[nH]4)c3n2)c1. The van der Waals surface area contributed by atoms with Crippen molar-refractivity contribution >= 4 is 44.9 Å². The molecule has 184 valence electrons. The molecule has 0 aliphatic rings. The largest absolute Gasteiger partial charge is 0.353 e. The molecule has 8 nitrogen and oxygen atoms in total. The molecule has 0 atom stereocenters. The van der Waals surface area contributed by atoms with Gasteiger partial charge in [-0.2, -0.15) is 9.49 Å². The van der Waals surface area contributed by atoms with Gasteiger partial charge in [0.1, 0.15) is 11.2 Å². The molecule has 6 aromatic rings. The van der Waals surface area contributed by atoms with E-state index in [0.717, 1.165) is 49.5 Å². The minimum atomic E-state index is -0.214. The van der Waals surface area contributed by atoms with E-state index < -0.39 is 0 Å². The number of likely N-dealkylation sites (N-methyl/N-ethyl adjacent to an activating group) is 1. The highest BCUT2D eigenvalue weighted by Gasteiger charge is 2.16. The zero-order valence-electron chi connectivity index (χ0n) is 20.0. The number of anilines is 1. The lowest BCUT2D eigenvalue weighted by Crippen LogP contribution is -2.27. The van der Waals surface area contributed by atoms with Crippen LogP contribution in [0, 0.1) is 5.13 Å². The van der Waals surface area contributed by atoms with Crippen LogP contribution in [-0.2, 0) is 4.79 Å². The third-order valence-corrected chi connectivity index (χ3v) is 6.85. The highest BCUT2D eigenvalue weighted by Crippen LogP contribution is 2.36. The second kappa shape index (κ2) is 9.23. The van der Waals surface area contributed by atoms with Crippen molar-refractivity contribution in [2.24, 2.45) is 0 Å². The minimum Gasteiger partial charge on any atom is -0.353 e. The highest BCUT2D eigenvalue weighted by molar-refractivity contribution is 7.14. The molecule has 10 heteroatoms. The smallest absolute Gasteiger partial charge is 0.238 e. The van der Waals surface area contributed by atoms with Crippen molar-refractivity contribution in [3.8, 4) is 33.1 Å². The third-order valence-electron chi connectivity index (χ3n) is 5.94. The normalized spacial score (nSPS) is 11.6. The number of thiophene rings is 1. The van der Waals surface area contributed by atoms with E-state index >= 15 is 0 Å². The van der Waals surface area contributed by atoms with Gasteiger partial charge in [0, 0.05) is 33.1 Å². The van der Waals surface area contributed by atoms with Crippen LogP contribution in [0.5, 0.6) is 0 Å². The Hall–Kier alpha value is -4.41. The molecule has 0 bridgehead atoms. The Kier molecular flexibility index (Phi) is 5.74. The molecule has 1 aromatic carbocycles. The first kappa shape index (κ1) is 23.0. The van der Waals surface area contributed by atoms with Crippen LogP contribution in [-0.4, -0.2) is 56.6 Å². The van der Waals surface area contributed by atoms with Crippen LogP contribution in [0.15, 0.2) is 67.0 Å². The summed E-state index contributed by atoms with van der Waals surface area (Å²) < 4.78 is 13.7. The molecule has 0 aliphatic carbocycles. The van der Waals surface area contributed by atoms with Crippen LogP contribution in [0.2, 0.25) is 0 Å². The number of rotatable bonds is 6. The number of aromatic amines is 2. The molecule has 0 radical (unpaired) electrons. The zero-order valence-corrected chi connectivity index (χ0v) is 20.9. The van der Waals surface area contributed by atoms with E-state index in [-0.39, 0.29) is 17.6 Å². The van der Waals surface area contributed by atoms with Crippen molar-refractivity contribution in [2.75, 3.05) is 26.0 Å². The molecule has 0 spiro atoms. The van der Waals surface area contributed by atoms with Crippen molar-refractivity contribution in [2.45, 2.75) is 0 Å². The second-order valence-electron chi connectivity index (χ2n) is 8.97. The number of H-pyrrole nitrogens is 2. The van der Waals surface area contributed by atoms with E-state index in [4.69, 9.17) is 4.98 Å². The van der Waals surface area contributed by atoms with Crippen LogP contribution >= 0.6 is 11.3 Å². The van der Waals surface area contributed by atoms with Crippen molar-refractivity contribution in [3.05, 3.63) is 72.1 Å². The van der Waals surface area contributed by atoms with Gasteiger partial charge in [0.15, 0.2) is 5.13 Å². The topological polar surface area (TPSA) is 103 Å². The van der Waals surface area contributed by atoms with Crippen LogP contribution in [0.25, 0.3) is 55.0 Å². The third kappa shape index (κ3) is 4.48. The van der Waals surface area contributed by atoms with Gasteiger partial charge in [0.2, 0.25) is 5.91 Å². The molecule has 37 heavy (non-hydrogen) atoms. The number of halogens is 1. The number of benzene rings is 1. The van der Waals surface area contributed by atoms with E-state index in [0.29, 0.717) is 22.6 Å². The number of carbonyl (C=O) groups is 1. The Morgan fingerprint density at radius 1 is 1.08 bits per heavy atom. The van der Waals surface area contributed by atoms with Crippen LogP contribution < -0.4 is 5.32 Å². The second-order valence-corrected chi connectivity index (χ2v) is 10.0. The quantitative estimate of drug-likeness (QED) is 0.273. The summed E-state index contributed by atoms with van der Waals surface area (Å²) in [4.78, 5) is 27.4. The minimum absolute atomic E-state index is 0.118. The summed E-state index contributed by atoms with van der Waals surface area (Å²) in [7, 11) is 3.68. The number of nitrogens with zero attached hydrogens (tertiary/aromatic N) is 4. The Bertz CT molecular complexity index is 1770. The summed E-state index contributed by atoms with van der Waals surface area (Å²) in [5.74, 6) is -0.118. The zero-order chi connectivity index (χ0) is 25.5. The number of amides is 1. The van der Waals surface area contributed by atoms with Gasteiger partial charge in [-0.05, 0) is 56.6 Å².